The molecular weight excluding hydrogens is 228 g/mol. The van der Waals surface area contributed by atoms with Gasteiger partial charge in [-0.15, -0.1) is 0 Å². The molecule has 18 heavy (non-hydrogen) atoms. The van der Waals surface area contributed by atoms with Crippen LogP contribution in [-0.4, -0.2) is 60.1 Å². The van der Waals surface area contributed by atoms with Crippen LogP contribution in [0.2, 0.25) is 0 Å². The first-order valence-electron chi connectivity index (χ1n) is 6.92. The summed E-state index contributed by atoms with van der Waals surface area (Å²) in [6.07, 6.45) is 3.12. The molecule has 0 unspecified atom stereocenters. The maximum Gasteiger partial charge on any atom is 0.209 e. The van der Waals surface area contributed by atoms with E-state index in [9.17, 15) is 9.90 Å². The Hall–Kier alpha value is -0.610. The number of aliphatic hydroxyl groups is 1. The number of hydrogen-bond acceptors (Lipinski definition) is 3. The Balaban J connectivity index is 4.38. The fourth-order valence-electron chi connectivity index (χ4n) is 2.32. The molecule has 108 valence electrons. The van der Waals surface area contributed by atoms with Gasteiger partial charge in [0.25, 0.3) is 0 Å². The fraction of sp³-hybridized carbons (Fsp3) is 0.929. The molecule has 4 heteroatoms. The third-order valence-corrected chi connectivity index (χ3v) is 3.00. The first kappa shape index (κ1) is 17.4. The summed E-state index contributed by atoms with van der Waals surface area (Å²) >= 11 is 0. The molecule has 0 aromatic heterocycles. The van der Waals surface area contributed by atoms with Crippen LogP contribution in [0.1, 0.15) is 40.5 Å². The first-order chi connectivity index (χ1) is 8.32. The monoisotopic (exact) mass is 258 g/mol. The van der Waals surface area contributed by atoms with Crippen LogP contribution in [-0.2, 0) is 4.79 Å². The minimum atomic E-state index is -0.663. The smallest absolute Gasteiger partial charge is 0.209 e. The lowest BCUT2D eigenvalue weighted by Crippen LogP contribution is -2.42. The topological polar surface area (TPSA) is 43.8 Å². The van der Waals surface area contributed by atoms with Gasteiger partial charge in [-0.05, 0) is 32.7 Å². The van der Waals surface area contributed by atoms with Crippen molar-refractivity contribution < 1.29 is 9.90 Å². The lowest BCUT2D eigenvalue weighted by Gasteiger charge is -2.32. The van der Waals surface area contributed by atoms with E-state index >= 15 is 0 Å². The average Bonchev–Trinajstić information content (AvgIpc) is 2.26. The van der Waals surface area contributed by atoms with Gasteiger partial charge < -0.3 is 14.9 Å². The molecule has 1 atom stereocenters. The second-order valence-corrected chi connectivity index (χ2v) is 5.84. The van der Waals surface area contributed by atoms with Crippen LogP contribution in [0.4, 0.5) is 0 Å². The van der Waals surface area contributed by atoms with E-state index in [1.165, 1.54) is 0 Å². The minimum Gasteiger partial charge on any atom is -0.389 e. The number of carbonyl (C=O) groups excluding carboxylic acids is 1. The molecule has 1 amide bonds. The first-order valence-corrected chi connectivity index (χ1v) is 6.92. The molecule has 0 saturated carbocycles. The molecule has 0 bridgehead atoms. The predicted octanol–water partition coefficient (Wildman–Crippen LogP) is 1.58. The Kier molecular flexibility index (Phi) is 8.20. The van der Waals surface area contributed by atoms with Gasteiger partial charge in [-0.1, -0.05) is 20.3 Å². The van der Waals surface area contributed by atoms with Crippen molar-refractivity contribution in [3.8, 4) is 0 Å². The highest BCUT2D eigenvalue weighted by Crippen LogP contribution is 2.12. The maximum absolute atomic E-state index is 10.7. The second kappa shape index (κ2) is 8.48. The van der Waals surface area contributed by atoms with E-state index in [4.69, 9.17) is 0 Å². The van der Waals surface area contributed by atoms with Gasteiger partial charge in [-0.2, -0.15) is 0 Å². The molecule has 0 fully saturated rings. The van der Waals surface area contributed by atoms with Gasteiger partial charge in [-0.3, -0.25) is 4.79 Å². The molecule has 4 nitrogen and oxygen atoms in total. The zero-order valence-electron chi connectivity index (χ0n) is 12.6. The fourth-order valence-corrected chi connectivity index (χ4v) is 2.32. The van der Waals surface area contributed by atoms with Crippen LogP contribution >= 0.6 is 0 Å². The summed E-state index contributed by atoms with van der Waals surface area (Å²) < 4.78 is 0. The molecule has 0 aromatic rings. The molecule has 0 aliphatic carbocycles. The van der Waals surface area contributed by atoms with Gasteiger partial charge in [0, 0.05) is 26.7 Å². The molecule has 0 aliphatic rings. The van der Waals surface area contributed by atoms with Crippen LogP contribution in [0, 0.1) is 5.92 Å². The van der Waals surface area contributed by atoms with Crippen LogP contribution in [0.25, 0.3) is 0 Å². The number of nitrogens with zero attached hydrogens (tertiary/aromatic N) is 2. The van der Waals surface area contributed by atoms with Gasteiger partial charge in [0.2, 0.25) is 6.41 Å². The minimum absolute atomic E-state index is 0.479. The Morgan fingerprint density at radius 1 is 1.28 bits per heavy atom. The molecular formula is C14H30N2O2. The largest absolute Gasteiger partial charge is 0.389 e. The molecule has 0 saturated heterocycles. The van der Waals surface area contributed by atoms with Crippen LogP contribution in [0.5, 0.6) is 0 Å². The van der Waals surface area contributed by atoms with E-state index in [0.29, 0.717) is 12.5 Å². The number of hydrogen-bond donors (Lipinski definition) is 1. The molecule has 1 N–H and O–H groups in total. The third-order valence-electron chi connectivity index (χ3n) is 3.00. The molecule has 0 heterocycles. The van der Waals surface area contributed by atoms with Crippen molar-refractivity contribution in [2.75, 3.05) is 33.2 Å². The standard InChI is InChI=1S/C14H30N2O2/c1-6-8-13(9-15(5)12-17)10-16(7-2)11-14(3,4)18/h12-13,18H,6-11H2,1-5H3/t13-/m1/s1. The molecule has 0 rings (SSSR count). The maximum atomic E-state index is 10.7. The van der Waals surface area contributed by atoms with E-state index in [2.05, 4.69) is 18.7 Å². The quantitative estimate of drug-likeness (QED) is 0.605. The lowest BCUT2D eigenvalue weighted by molar-refractivity contribution is -0.117. The van der Waals surface area contributed by atoms with Gasteiger partial charge in [0.15, 0.2) is 0 Å². The summed E-state index contributed by atoms with van der Waals surface area (Å²) in [6.45, 7) is 11.3. The summed E-state index contributed by atoms with van der Waals surface area (Å²) in [5.74, 6) is 0.479. The van der Waals surface area contributed by atoms with E-state index in [1.807, 2.05) is 20.9 Å². The second-order valence-electron chi connectivity index (χ2n) is 5.84. The summed E-state index contributed by atoms with van der Waals surface area (Å²) in [5.41, 5.74) is -0.663. The normalized spacial score (nSPS) is 13.7. The Bertz CT molecular complexity index is 226. The number of amides is 1. The highest BCUT2D eigenvalue weighted by molar-refractivity contribution is 5.46. The highest BCUT2D eigenvalue weighted by Gasteiger charge is 2.20. The van der Waals surface area contributed by atoms with E-state index in [1.54, 1.807) is 4.90 Å². The SMILES string of the molecule is CCC[C@H](CN(C)C=O)CN(CC)CC(C)(C)O. The molecule has 0 aliphatic heterocycles. The van der Waals surface area contributed by atoms with E-state index < -0.39 is 5.60 Å². The number of rotatable bonds is 10. The van der Waals surface area contributed by atoms with Crippen molar-refractivity contribution in [1.82, 2.24) is 9.80 Å². The average molecular weight is 258 g/mol. The van der Waals surface area contributed by atoms with Gasteiger partial charge in [-0.25, -0.2) is 0 Å². The van der Waals surface area contributed by atoms with E-state index in [0.717, 1.165) is 38.9 Å². The van der Waals surface area contributed by atoms with E-state index in [-0.39, 0.29) is 0 Å². The summed E-state index contributed by atoms with van der Waals surface area (Å²) in [4.78, 5) is 14.7. The summed E-state index contributed by atoms with van der Waals surface area (Å²) in [6, 6.07) is 0. The Morgan fingerprint density at radius 2 is 1.89 bits per heavy atom. The summed E-state index contributed by atoms with van der Waals surface area (Å²) in [7, 11) is 1.82. The Labute approximate surface area is 112 Å². The van der Waals surface area contributed by atoms with Crippen molar-refractivity contribution >= 4 is 6.41 Å². The zero-order chi connectivity index (χ0) is 14.2. The van der Waals surface area contributed by atoms with Crippen LogP contribution in [0.15, 0.2) is 0 Å². The third kappa shape index (κ3) is 8.48. The van der Waals surface area contributed by atoms with Crippen molar-refractivity contribution in [2.24, 2.45) is 5.92 Å². The van der Waals surface area contributed by atoms with Crippen molar-refractivity contribution in [3.05, 3.63) is 0 Å². The van der Waals surface area contributed by atoms with Crippen molar-refractivity contribution in [1.29, 1.82) is 0 Å². The number of carbonyl (C=O) groups is 1. The lowest BCUT2D eigenvalue weighted by atomic mass is 10.0. The van der Waals surface area contributed by atoms with Gasteiger partial charge >= 0.3 is 0 Å². The molecule has 0 radical (unpaired) electrons. The van der Waals surface area contributed by atoms with Crippen LogP contribution in [0.3, 0.4) is 0 Å². The highest BCUT2D eigenvalue weighted by atomic mass is 16.3. The summed E-state index contributed by atoms with van der Waals surface area (Å²) in [5, 5.41) is 9.88. The predicted molar refractivity (Wildman–Crippen MR) is 75.5 cm³/mol. The molecule has 0 aromatic carbocycles. The number of likely N-dealkylation sites (N-methyl/N-ethyl adjacent to an activating group) is 1. The van der Waals surface area contributed by atoms with Crippen LogP contribution < -0.4 is 0 Å². The van der Waals surface area contributed by atoms with Crippen molar-refractivity contribution in [3.63, 3.8) is 0 Å². The molecule has 0 spiro atoms. The van der Waals surface area contributed by atoms with Gasteiger partial charge in [0.05, 0.1) is 5.60 Å². The zero-order valence-corrected chi connectivity index (χ0v) is 12.6. The van der Waals surface area contributed by atoms with Gasteiger partial charge in [0.1, 0.15) is 0 Å². The Morgan fingerprint density at radius 3 is 2.28 bits per heavy atom. The van der Waals surface area contributed by atoms with Crippen molar-refractivity contribution in [2.45, 2.75) is 46.1 Å².